The molecular weight excluding hydrogens is 589 g/mol. The number of carbonyl (C=O) groups excluding carboxylic acids is 1. The van der Waals surface area contributed by atoms with Crippen LogP contribution in [0.4, 0.5) is 15.0 Å². The van der Waals surface area contributed by atoms with Crippen molar-refractivity contribution in [3.8, 4) is 6.01 Å². The lowest BCUT2D eigenvalue weighted by atomic mass is 10.1. The van der Waals surface area contributed by atoms with E-state index in [-0.39, 0.29) is 35.1 Å². The maximum Gasteiger partial charge on any atom is 0.410 e. The lowest BCUT2D eigenvalue weighted by molar-refractivity contribution is 0.0123. The molecule has 2 aliphatic carbocycles. The molecule has 1 amide bonds. The summed E-state index contributed by atoms with van der Waals surface area (Å²) in [6.45, 7) is 11.6. The molecule has 41 heavy (non-hydrogen) atoms. The standard InChI is InChI=1S/C31H41BrFN5O3/c1-18-11-23-26(25(33)24(18)32)34-28(40-17-31(9-10-31)16-37-13-19-5-6-20(37)12-19)35-27(23)36-14-21-7-8-22(15-36)38(21)29(39)41-30(2,3)4/h11,19-22H,5-10,12-17H2,1-4H3/t19-,20+,21?,22?/m0/s1. The van der Waals surface area contributed by atoms with Gasteiger partial charge in [-0.2, -0.15) is 9.97 Å². The van der Waals surface area contributed by atoms with Gasteiger partial charge in [0.25, 0.3) is 0 Å². The van der Waals surface area contributed by atoms with Crippen molar-refractivity contribution in [3.05, 3.63) is 21.9 Å². The number of aromatic nitrogens is 2. The SMILES string of the molecule is Cc1cc2c(N3CC4CCC(C3)N4C(=O)OC(C)(C)C)nc(OCC3(CN4C[C@H]5CC[C@@H]4C5)CC3)nc2c(F)c1Br. The largest absolute Gasteiger partial charge is 0.463 e. The third kappa shape index (κ3) is 5.17. The molecule has 222 valence electrons. The summed E-state index contributed by atoms with van der Waals surface area (Å²) < 4.78 is 28.1. The molecule has 3 saturated heterocycles. The third-order valence-electron chi connectivity index (χ3n) is 9.92. The van der Waals surface area contributed by atoms with Crippen LogP contribution in [0.25, 0.3) is 10.9 Å². The Morgan fingerprint density at radius 2 is 1.80 bits per heavy atom. The van der Waals surface area contributed by atoms with Crippen LogP contribution in [0.15, 0.2) is 10.5 Å². The highest BCUT2D eigenvalue weighted by molar-refractivity contribution is 9.10. The van der Waals surface area contributed by atoms with Crippen LogP contribution in [0.3, 0.4) is 0 Å². The van der Waals surface area contributed by atoms with E-state index in [9.17, 15) is 4.79 Å². The molecule has 4 atom stereocenters. The van der Waals surface area contributed by atoms with Crippen molar-refractivity contribution in [3.63, 3.8) is 0 Å². The van der Waals surface area contributed by atoms with E-state index in [2.05, 4.69) is 30.7 Å². The maximum atomic E-state index is 15.6. The van der Waals surface area contributed by atoms with E-state index in [0.29, 0.717) is 35.4 Å². The number of anilines is 1. The number of nitrogens with zero attached hydrogens (tertiary/aromatic N) is 5. The molecule has 5 fully saturated rings. The van der Waals surface area contributed by atoms with Crippen LogP contribution < -0.4 is 9.64 Å². The predicted molar refractivity (Wildman–Crippen MR) is 159 cm³/mol. The molecule has 0 N–H and O–H groups in total. The van der Waals surface area contributed by atoms with Gasteiger partial charge in [-0.05, 0) is 106 Å². The van der Waals surface area contributed by atoms with Crippen molar-refractivity contribution in [2.24, 2.45) is 11.3 Å². The molecule has 7 rings (SSSR count). The fourth-order valence-corrected chi connectivity index (χ4v) is 7.98. The molecule has 0 radical (unpaired) electrons. The number of piperidine rings is 1. The van der Waals surface area contributed by atoms with Gasteiger partial charge in [-0.25, -0.2) is 9.18 Å². The fourth-order valence-electron chi connectivity index (χ4n) is 7.68. The Bertz CT molecular complexity index is 1360. The van der Waals surface area contributed by atoms with E-state index in [1.54, 1.807) is 0 Å². The second-order valence-corrected chi connectivity index (χ2v) is 15.1. The molecule has 2 saturated carbocycles. The number of ether oxygens (including phenoxy) is 2. The first kappa shape index (κ1) is 27.6. The number of hydrogen-bond donors (Lipinski definition) is 0. The Balaban J connectivity index is 1.15. The molecule has 1 aromatic carbocycles. The van der Waals surface area contributed by atoms with Crippen molar-refractivity contribution in [1.29, 1.82) is 0 Å². The Kier molecular flexibility index (Phi) is 6.69. The average Bonchev–Trinajstić information content (AvgIpc) is 3.20. The zero-order chi connectivity index (χ0) is 28.7. The molecule has 4 bridgehead atoms. The van der Waals surface area contributed by atoms with Crippen molar-refractivity contribution >= 4 is 38.7 Å². The highest BCUT2D eigenvalue weighted by Crippen LogP contribution is 2.49. The summed E-state index contributed by atoms with van der Waals surface area (Å²) >= 11 is 3.41. The second kappa shape index (κ2) is 9.93. The van der Waals surface area contributed by atoms with Gasteiger partial charge in [0.05, 0.1) is 23.2 Å². The average molecular weight is 631 g/mol. The quantitative estimate of drug-likeness (QED) is 0.384. The number of rotatable bonds is 6. The van der Waals surface area contributed by atoms with Gasteiger partial charge in [0, 0.05) is 43.0 Å². The Labute approximate surface area is 250 Å². The zero-order valence-electron chi connectivity index (χ0n) is 24.6. The van der Waals surface area contributed by atoms with Gasteiger partial charge in [-0.15, -0.1) is 0 Å². The first-order chi connectivity index (χ1) is 19.5. The number of halogens is 2. The van der Waals surface area contributed by atoms with E-state index in [4.69, 9.17) is 14.5 Å². The Hall–Kier alpha value is -2.20. The molecule has 2 unspecified atom stereocenters. The molecule has 2 aromatic rings. The molecule has 0 spiro atoms. The van der Waals surface area contributed by atoms with E-state index in [0.717, 1.165) is 49.8 Å². The third-order valence-corrected chi connectivity index (χ3v) is 10.9. The van der Waals surface area contributed by atoms with Crippen molar-refractivity contribution in [2.75, 3.05) is 37.7 Å². The van der Waals surface area contributed by atoms with Gasteiger partial charge in [-0.1, -0.05) is 0 Å². The Morgan fingerprint density at radius 1 is 1.10 bits per heavy atom. The summed E-state index contributed by atoms with van der Waals surface area (Å²) in [5, 5.41) is 0.676. The first-order valence-electron chi connectivity index (χ1n) is 15.3. The minimum absolute atomic E-state index is 0.0184. The minimum Gasteiger partial charge on any atom is -0.463 e. The van der Waals surface area contributed by atoms with Gasteiger partial charge in [0.15, 0.2) is 5.82 Å². The number of likely N-dealkylation sites (tertiary alicyclic amines) is 1. The molecule has 5 aliphatic rings. The van der Waals surface area contributed by atoms with Gasteiger partial charge >= 0.3 is 12.1 Å². The molecule has 8 nitrogen and oxygen atoms in total. The van der Waals surface area contributed by atoms with Gasteiger partial charge < -0.3 is 14.4 Å². The van der Waals surface area contributed by atoms with Crippen LogP contribution in [-0.2, 0) is 4.74 Å². The lowest BCUT2D eigenvalue weighted by Gasteiger charge is -2.42. The molecule has 3 aliphatic heterocycles. The van der Waals surface area contributed by atoms with E-state index in [1.807, 2.05) is 38.7 Å². The minimum atomic E-state index is -0.543. The number of piperazine rings is 1. The second-order valence-electron chi connectivity index (χ2n) is 14.3. The van der Waals surface area contributed by atoms with E-state index >= 15 is 4.39 Å². The Morgan fingerprint density at radius 3 is 2.41 bits per heavy atom. The molecular formula is C31H41BrFN5O3. The maximum absolute atomic E-state index is 15.6. The van der Waals surface area contributed by atoms with Crippen molar-refractivity contribution in [2.45, 2.75) is 96.4 Å². The van der Waals surface area contributed by atoms with Crippen LogP contribution in [0.1, 0.15) is 71.3 Å². The lowest BCUT2D eigenvalue weighted by Crippen LogP contribution is -2.57. The topological polar surface area (TPSA) is 71.0 Å². The van der Waals surface area contributed by atoms with Gasteiger partial charge in [0.2, 0.25) is 0 Å². The van der Waals surface area contributed by atoms with Gasteiger partial charge in [-0.3, -0.25) is 9.80 Å². The van der Waals surface area contributed by atoms with E-state index in [1.165, 1.54) is 25.8 Å². The van der Waals surface area contributed by atoms with Crippen molar-refractivity contribution in [1.82, 2.24) is 19.8 Å². The van der Waals surface area contributed by atoms with Crippen LogP contribution in [0, 0.1) is 24.1 Å². The smallest absolute Gasteiger partial charge is 0.410 e. The normalized spacial score (nSPS) is 28.5. The molecule has 4 heterocycles. The highest BCUT2D eigenvalue weighted by Gasteiger charge is 2.49. The van der Waals surface area contributed by atoms with Crippen LogP contribution >= 0.6 is 15.9 Å². The number of benzene rings is 1. The number of aryl methyl sites for hydroxylation is 1. The molecule has 1 aromatic heterocycles. The highest BCUT2D eigenvalue weighted by atomic mass is 79.9. The number of amides is 1. The summed E-state index contributed by atoms with van der Waals surface area (Å²) in [7, 11) is 0. The monoisotopic (exact) mass is 629 g/mol. The van der Waals surface area contributed by atoms with Crippen LogP contribution in [0.5, 0.6) is 6.01 Å². The summed E-state index contributed by atoms with van der Waals surface area (Å²) in [6, 6.07) is 2.97. The van der Waals surface area contributed by atoms with Crippen LogP contribution in [-0.4, -0.2) is 82.4 Å². The summed E-state index contributed by atoms with van der Waals surface area (Å²) in [6.07, 6.45) is 7.92. The first-order valence-corrected chi connectivity index (χ1v) is 16.1. The predicted octanol–water partition coefficient (Wildman–Crippen LogP) is 6.07. The summed E-state index contributed by atoms with van der Waals surface area (Å²) in [4.78, 5) is 29.4. The van der Waals surface area contributed by atoms with Gasteiger partial charge in [0.1, 0.15) is 16.9 Å². The number of carbonyl (C=O) groups is 1. The van der Waals surface area contributed by atoms with Crippen molar-refractivity contribution < 1.29 is 18.7 Å². The van der Waals surface area contributed by atoms with Crippen LogP contribution in [0.2, 0.25) is 0 Å². The number of fused-ring (bicyclic) bond motifs is 5. The summed E-state index contributed by atoms with van der Waals surface area (Å²) in [5.41, 5.74) is 0.665. The summed E-state index contributed by atoms with van der Waals surface area (Å²) in [5.74, 6) is 1.17. The van der Waals surface area contributed by atoms with E-state index < -0.39 is 11.4 Å². The fraction of sp³-hybridized carbons (Fsp3) is 0.710. The number of hydrogen-bond acceptors (Lipinski definition) is 7. The zero-order valence-corrected chi connectivity index (χ0v) is 26.2. The molecule has 10 heteroatoms.